The second-order valence-electron chi connectivity index (χ2n) is 9.97. The molecule has 6 nitrogen and oxygen atoms in total. The first kappa shape index (κ1) is 17.4. The number of hydrogen-bond acceptors (Lipinski definition) is 6. The summed E-state index contributed by atoms with van der Waals surface area (Å²) in [6.07, 6.45) is 7.38. The van der Waals surface area contributed by atoms with Gasteiger partial charge in [-0.3, -0.25) is 9.59 Å². The zero-order valence-electron chi connectivity index (χ0n) is 17.9. The van der Waals surface area contributed by atoms with E-state index in [9.17, 15) is 9.59 Å². The number of ketones is 2. The zero-order chi connectivity index (χ0) is 20.9. The van der Waals surface area contributed by atoms with E-state index in [1.54, 1.807) is 6.08 Å². The molecule has 6 aliphatic rings. The Bertz CT molecular complexity index is 885. The smallest absolute Gasteiger partial charge is 0.226 e. The minimum absolute atomic E-state index is 0.0161. The van der Waals surface area contributed by atoms with Crippen molar-refractivity contribution in [2.75, 3.05) is 20.2 Å². The molecule has 4 aliphatic carbocycles. The van der Waals surface area contributed by atoms with Crippen LogP contribution in [0.4, 0.5) is 0 Å². The van der Waals surface area contributed by atoms with Gasteiger partial charge in [-0.05, 0) is 42.7 Å². The van der Waals surface area contributed by atoms with Crippen LogP contribution in [0.1, 0.15) is 47.3 Å². The van der Waals surface area contributed by atoms with Crippen molar-refractivity contribution in [2.24, 2.45) is 28.6 Å². The molecular formula is C23H28O6. The summed E-state index contributed by atoms with van der Waals surface area (Å²) in [6.45, 7) is 4.80. The van der Waals surface area contributed by atoms with E-state index >= 15 is 0 Å². The predicted molar refractivity (Wildman–Crippen MR) is 101 cm³/mol. The number of hydrogen-bond donors (Lipinski definition) is 0. The van der Waals surface area contributed by atoms with Gasteiger partial charge in [0.1, 0.15) is 18.0 Å². The van der Waals surface area contributed by atoms with Crippen LogP contribution in [-0.4, -0.2) is 43.1 Å². The highest BCUT2D eigenvalue weighted by Gasteiger charge is 2.76. The minimum atomic E-state index is -0.952. The van der Waals surface area contributed by atoms with Crippen molar-refractivity contribution in [3.63, 3.8) is 0 Å². The van der Waals surface area contributed by atoms with E-state index in [4.69, 9.17) is 20.3 Å². The molecule has 156 valence electrons. The highest BCUT2D eigenvalue weighted by atomic mass is 16.9. The normalized spacial score (nSPS) is 56.3. The molecule has 0 unspecified atom stereocenters. The highest BCUT2D eigenvalue weighted by molar-refractivity contribution is 5.94. The fourth-order valence-electron chi connectivity index (χ4n) is 7.60. The summed E-state index contributed by atoms with van der Waals surface area (Å²) in [5.74, 6) is -0.864. The van der Waals surface area contributed by atoms with E-state index in [2.05, 4.69) is 13.0 Å². The van der Waals surface area contributed by atoms with E-state index in [-0.39, 0.29) is 49.3 Å². The van der Waals surface area contributed by atoms with Crippen molar-refractivity contribution in [3.8, 4) is 0 Å². The lowest BCUT2D eigenvalue weighted by Crippen LogP contribution is -2.65. The fraction of sp³-hybridized carbons (Fsp3) is 0.739. The van der Waals surface area contributed by atoms with Crippen molar-refractivity contribution in [1.82, 2.24) is 0 Å². The molecule has 2 saturated heterocycles. The first-order chi connectivity index (χ1) is 14.3. The molecule has 0 N–H and O–H groups in total. The van der Waals surface area contributed by atoms with Crippen molar-refractivity contribution in [3.05, 3.63) is 23.8 Å². The zero-order valence-corrected chi connectivity index (χ0v) is 16.9. The molecule has 0 aromatic heterocycles. The molecule has 6 heteroatoms. The Kier molecular flexibility index (Phi) is 3.39. The van der Waals surface area contributed by atoms with Crippen LogP contribution in [0.15, 0.2) is 23.8 Å². The summed E-state index contributed by atoms with van der Waals surface area (Å²) in [7, 11) is 0. The second-order valence-corrected chi connectivity index (χ2v) is 9.97. The lowest BCUT2D eigenvalue weighted by molar-refractivity contribution is -0.244. The number of Topliss-reactive ketones (excluding diaryl/α,β-unsaturated/α-hetero) is 1. The minimum Gasteiger partial charge on any atom is -0.350 e. The third-order valence-corrected chi connectivity index (χ3v) is 8.98. The third kappa shape index (κ3) is 2.02. The number of fused-ring (bicyclic) bond motifs is 7. The lowest BCUT2D eigenvalue weighted by atomic mass is 9.48. The monoisotopic (exact) mass is 403 g/mol. The highest BCUT2D eigenvalue weighted by Crippen LogP contribution is 2.69. The summed E-state index contributed by atoms with van der Waals surface area (Å²) in [4.78, 5) is 25.9. The topological polar surface area (TPSA) is 71.1 Å². The van der Waals surface area contributed by atoms with Crippen LogP contribution in [0.5, 0.6) is 0 Å². The number of ether oxygens (including phenoxy) is 4. The Morgan fingerprint density at radius 1 is 1.17 bits per heavy atom. The van der Waals surface area contributed by atoms with Gasteiger partial charge in [0, 0.05) is 31.0 Å². The molecule has 0 amide bonds. The van der Waals surface area contributed by atoms with Crippen LogP contribution in [0.2, 0.25) is 0 Å². The maximum Gasteiger partial charge on any atom is 0.226 e. The van der Waals surface area contributed by atoms with Gasteiger partial charge in [-0.1, -0.05) is 26.0 Å². The van der Waals surface area contributed by atoms with Gasteiger partial charge in [-0.15, -0.1) is 0 Å². The summed E-state index contributed by atoms with van der Waals surface area (Å²) >= 11 is 0. The van der Waals surface area contributed by atoms with Gasteiger partial charge in [0.05, 0.1) is 0 Å². The van der Waals surface area contributed by atoms with Crippen molar-refractivity contribution >= 4 is 11.6 Å². The Hall–Kier alpha value is -1.34. The van der Waals surface area contributed by atoms with Gasteiger partial charge in [-0.2, -0.15) is 0 Å². The van der Waals surface area contributed by atoms with Crippen LogP contribution in [0.3, 0.4) is 0 Å². The van der Waals surface area contributed by atoms with E-state index in [0.29, 0.717) is 13.0 Å². The SMILES string of the molecule is [2H][C@H]1C[13C](=O)[13CH]=C2C=C[C@@H]3[C@H](C(=O)C[C@@]4(C)[C@H]3CC[C@@]43OCO[C@]34COCO4)[C@]21C. The van der Waals surface area contributed by atoms with Gasteiger partial charge < -0.3 is 18.9 Å². The number of allylic oxidation sites excluding steroid dienone is 4. The van der Waals surface area contributed by atoms with E-state index in [0.717, 1.165) is 18.4 Å². The molecule has 2 spiro atoms. The van der Waals surface area contributed by atoms with Crippen LogP contribution in [0, 0.1) is 28.6 Å². The van der Waals surface area contributed by atoms with Crippen molar-refractivity contribution in [2.45, 2.75) is 57.3 Å². The number of carbonyl (C=O) groups is 2. The summed E-state index contributed by atoms with van der Waals surface area (Å²) in [5, 5.41) is 0. The molecule has 2 saturated carbocycles. The molecule has 0 aromatic carbocycles. The molecule has 2 aliphatic heterocycles. The average Bonchev–Trinajstić information content (AvgIpc) is 3.38. The number of rotatable bonds is 0. The third-order valence-electron chi connectivity index (χ3n) is 8.98. The summed E-state index contributed by atoms with van der Waals surface area (Å²) < 4.78 is 32.6. The number of carbonyl (C=O) groups excluding carboxylic acids is 2. The largest absolute Gasteiger partial charge is 0.350 e. The molecular weight excluding hydrogens is 374 g/mol. The quantitative estimate of drug-likeness (QED) is 0.579. The van der Waals surface area contributed by atoms with Gasteiger partial charge in [0.25, 0.3) is 0 Å². The average molecular weight is 403 g/mol. The maximum absolute atomic E-state index is 13.8. The Labute approximate surface area is 172 Å². The van der Waals surface area contributed by atoms with Crippen molar-refractivity contribution in [1.29, 1.82) is 0 Å². The lowest BCUT2D eigenvalue weighted by Gasteiger charge is -2.57. The molecule has 0 radical (unpaired) electrons. The maximum atomic E-state index is 13.8. The second kappa shape index (κ2) is 5.67. The van der Waals surface area contributed by atoms with Crippen LogP contribution < -0.4 is 0 Å². The molecule has 2 heterocycles. The molecule has 0 bridgehead atoms. The van der Waals surface area contributed by atoms with Crippen LogP contribution >= 0.6 is 0 Å². The van der Waals surface area contributed by atoms with E-state index < -0.39 is 28.6 Å². The van der Waals surface area contributed by atoms with Crippen LogP contribution in [-0.2, 0) is 28.5 Å². The van der Waals surface area contributed by atoms with Gasteiger partial charge in [-0.25, -0.2) is 0 Å². The van der Waals surface area contributed by atoms with Crippen LogP contribution in [0.25, 0.3) is 0 Å². The fourth-order valence-corrected chi connectivity index (χ4v) is 7.60. The Morgan fingerprint density at radius 3 is 2.79 bits per heavy atom. The van der Waals surface area contributed by atoms with E-state index in [1.165, 1.54) is 0 Å². The van der Waals surface area contributed by atoms with Crippen molar-refractivity contribution < 1.29 is 29.9 Å². The molecule has 4 fully saturated rings. The molecule has 8 atom stereocenters. The van der Waals surface area contributed by atoms with Gasteiger partial charge in [0.15, 0.2) is 19.4 Å². The standard InChI is InChI=1S/C23H28O6/c1-20-7-5-15(24)9-14(20)3-4-16-17-6-8-22(21(17,2)10-18(25)19(16)20)23(29-13-27-22)11-26-12-28-23/h3-4,9,16-17,19H,5-8,10-13H2,1-2H3/t16-,17-,19+,20-,21-,22+,23+/m0/s1/i7D,9+1,15+1/t7-,16-,17-,19+,20-,21-,22+,23+. The molecule has 6 rings (SSSR count). The van der Waals surface area contributed by atoms with Gasteiger partial charge in [0.2, 0.25) is 5.79 Å². The van der Waals surface area contributed by atoms with Gasteiger partial charge >= 0.3 is 0 Å². The summed E-state index contributed by atoms with van der Waals surface area (Å²) in [5.41, 5.74) is -0.942. The Balaban J connectivity index is 1.46. The Morgan fingerprint density at radius 2 is 2.00 bits per heavy atom. The molecule has 0 aromatic rings. The predicted octanol–water partition coefficient (Wildman–Crippen LogP) is 2.92. The molecule has 29 heavy (non-hydrogen) atoms. The summed E-state index contributed by atoms with van der Waals surface area (Å²) in [6, 6.07) is 0. The first-order valence-electron chi connectivity index (χ1n) is 11.2. The van der Waals surface area contributed by atoms with E-state index in [1.807, 2.05) is 13.0 Å². The first-order valence-corrected chi connectivity index (χ1v) is 10.7.